The van der Waals surface area contributed by atoms with Crippen molar-refractivity contribution < 1.29 is 9.72 Å². The topological polar surface area (TPSA) is 115 Å². The third-order valence-corrected chi connectivity index (χ3v) is 7.02. The first-order valence-electron chi connectivity index (χ1n) is 10.5. The summed E-state index contributed by atoms with van der Waals surface area (Å²) in [6.45, 7) is 6.07. The summed E-state index contributed by atoms with van der Waals surface area (Å²) < 4.78 is 1.98. The van der Waals surface area contributed by atoms with Crippen molar-refractivity contribution in [3.8, 4) is 5.00 Å². The predicted molar refractivity (Wildman–Crippen MR) is 127 cm³/mol. The van der Waals surface area contributed by atoms with Crippen LogP contribution in [0.4, 0.5) is 0 Å². The number of thiophene rings is 1. The average Bonchev–Trinajstić information content (AvgIpc) is 3.24. The molecule has 1 amide bonds. The van der Waals surface area contributed by atoms with Crippen LogP contribution in [0.15, 0.2) is 29.3 Å². The highest BCUT2D eigenvalue weighted by Gasteiger charge is 2.32. The summed E-state index contributed by atoms with van der Waals surface area (Å²) in [5.41, 5.74) is 3.79. The molecule has 0 radical (unpaired) electrons. The van der Waals surface area contributed by atoms with Crippen LogP contribution in [-0.2, 0) is 4.79 Å². The van der Waals surface area contributed by atoms with Crippen LogP contribution in [0, 0.1) is 30.9 Å². The van der Waals surface area contributed by atoms with Gasteiger partial charge < -0.3 is 5.32 Å². The molecule has 0 saturated heterocycles. The van der Waals surface area contributed by atoms with Crippen LogP contribution >= 0.6 is 22.9 Å². The predicted octanol–water partition coefficient (Wildman–Crippen LogP) is 3.97. The fourth-order valence-electron chi connectivity index (χ4n) is 3.82. The van der Waals surface area contributed by atoms with Gasteiger partial charge >= 0.3 is 0 Å². The van der Waals surface area contributed by atoms with Gasteiger partial charge in [0.1, 0.15) is 16.9 Å². The molecule has 4 rings (SSSR count). The standard InChI is InChI=1S/C22H23ClN6O3S/c1-12-13(2)33-22-19(12)20(15-5-7-16(23)8-6-15)25-17(21-27-26-14(3)29(21)22)11-18(30)24-9-4-10-28(31)32/h5-8,17H,4,9-11H2,1-3H3,(H,24,30)/t17-/m0/s1. The van der Waals surface area contributed by atoms with E-state index < -0.39 is 11.0 Å². The van der Waals surface area contributed by atoms with E-state index >= 15 is 0 Å². The Labute approximate surface area is 199 Å². The molecule has 172 valence electrons. The van der Waals surface area contributed by atoms with Gasteiger partial charge in [-0.3, -0.25) is 24.5 Å². The summed E-state index contributed by atoms with van der Waals surface area (Å²) in [4.78, 5) is 29.0. The van der Waals surface area contributed by atoms with Crippen LogP contribution in [0.5, 0.6) is 0 Å². The number of carbonyl (C=O) groups is 1. The maximum Gasteiger partial charge on any atom is 0.222 e. The van der Waals surface area contributed by atoms with Crippen molar-refractivity contribution in [3.63, 3.8) is 0 Å². The highest BCUT2D eigenvalue weighted by molar-refractivity contribution is 7.15. The van der Waals surface area contributed by atoms with Crippen LogP contribution in [0.1, 0.15) is 52.1 Å². The molecular weight excluding hydrogens is 464 g/mol. The van der Waals surface area contributed by atoms with Gasteiger partial charge in [0.15, 0.2) is 5.82 Å². The molecule has 3 heterocycles. The first-order valence-corrected chi connectivity index (χ1v) is 11.7. The lowest BCUT2D eigenvalue weighted by Crippen LogP contribution is -2.27. The Morgan fingerprint density at radius 2 is 1.97 bits per heavy atom. The summed E-state index contributed by atoms with van der Waals surface area (Å²) in [5.74, 6) is 1.07. The largest absolute Gasteiger partial charge is 0.356 e. The van der Waals surface area contributed by atoms with E-state index in [0.717, 1.165) is 33.2 Å². The lowest BCUT2D eigenvalue weighted by Gasteiger charge is -2.13. The van der Waals surface area contributed by atoms with Crippen LogP contribution < -0.4 is 5.32 Å². The van der Waals surface area contributed by atoms with Gasteiger partial charge in [-0.15, -0.1) is 21.5 Å². The number of hydrogen-bond donors (Lipinski definition) is 1. The zero-order valence-corrected chi connectivity index (χ0v) is 20.0. The molecule has 9 nitrogen and oxygen atoms in total. The third-order valence-electron chi connectivity index (χ3n) is 5.58. The summed E-state index contributed by atoms with van der Waals surface area (Å²) >= 11 is 7.76. The second-order valence-electron chi connectivity index (χ2n) is 7.87. The zero-order valence-electron chi connectivity index (χ0n) is 18.5. The molecule has 33 heavy (non-hydrogen) atoms. The van der Waals surface area contributed by atoms with Crippen molar-refractivity contribution >= 4 is 34.6 Å². The molecule has 0 aliphatic carbocycles. The summed E-state index contributed by atoms with van der Waals surface area (Å²) in [7, 11) is 0. The lowest BCUT2D eigenvalue weighted by molar-refractivity contribution is -0.480. The quantitative estimate of drug-likeness (QED) is 0.308. The minimum Gasteiger partial charge on any atom is -0.356 e. The molecule has 0 spiro atoms. The Hall–Kier alpha value is -3.11. The number of aromatic nitrogens is 3. The highest BCUT2D eigenvalue weighted by atomic mass is 35.5. The van der Waals surface area contributed by atoms with E-state index in [1.165, 1.54) is 4.88 Å². The lowest BCUT2D eigenvalue weighted by atomic mass is 9.99. The molecule has 0 unspecified atom stereocenters. The molecule has 2 aromatic heterocycles. The van der Waals surface area contributed by atoms with Gasteiger partial charge in [0, 0.05) is 38.9 Å². The van der Waals surface area contributed by atoms with Gasteiger partial charge in [-0.1, -0.05) is 23.7 Å². The maximum atomic E-state index is 12.7. The number of benzene rings is 1. The van der Waals surface area contributed by atoms with E-state index in [0.29, 0.717) is 10.8 Å². The molecule has 0 fully saturated rings. The molecule has 1 N–H and O–H groups in total. The summed E-state index contributed by atoms with van der Waals surface area (Å²) in [6, 6.07) is 6.92. The van der Waals surface area contributed by atoms with E-state index in [9.17, 15) is 14.9 Å². The fraction of sp³-hybridized carbons (Fsp3) is 0.364. The molecule has 1 aliphatic rings. The number of nitrogens with one attached hydrogen (secondary N) is 1. The van der Waals surface area contributed by atoms with Crippen molar-refractivity contribution in [3.05, 3.63) is 72.6 Å². The molecule has 11 heteroatoms. The van der Waals surface area contributed by atoms with Crippen molar-refractivity contribution in [2.75, 3.05) is 13.1 Å². The number of carbonyl (C=O) groups excluding carboxylic acids is 1. The van der Waals surface area contributed by atoms with E-state index in [4.69, 9.17) is 16.6 Å². The summed E-state index contributed by atoms with van der Waals surface area (Å²) in [5, 5.41) is 23.5. The van der Waals surface area contributed by atoms with E-state index in [1.807, 2.05) is 35.8 Å². The maximum absolute atomic E-state index is 12.7. The number of hydrogen-bond acceptors (Lipinski definition) is 7. The second-order valence-corrected chi connectivity index (χ2v) is 9.51. The van der Waals surface area contributed by atoms with Crippen LogP contribution in [0.3, 0.4) is 0 Å². The molecule has 1 aliphatic heterocycles. The van der Waals surface area contributed by atoms with Crippen LogP contribution in [0.25, 0.3) is 5.00 Å². The molecule has 0 saturated carbocycles. The second kappa shape index (κ2) is 9.40. The molecule has 1 aromatic carbocycles. The number of amides is 1. The normalized spacial score (nSPS) is 14.8. The Morgan fingerprint density at radius 1 is 1.24 bits per heavy atom. The van der Waals surface area contributed by atoms with Crippen molar-refractivity contribution in [2.45, 2.75) is 39.7 Å². The number of rotatable bonds is 7. The minimum absolute atomic E-state index is 0.0562. The molecule has 3 aromatic rings. The van der Waals surface area contributed by atoms with Gasteiger partial charge in [0.25, 0.3) is 0 Å². The number of nitro groups is 1. The molecule has 0 bridgehead atoms. The fourth-order valence-corrected chi connectivity index (χ4v) is 5.16. The van der Waals surface area contributed by atoms with Gasteiger partial charge in [0.05, 0.1) is 12.1 Å². The highest BCUT2D eigenvalue weighted by Crippen LogP contribution is 2.39. The molecule has 1 atom stereocenters. The van der Waals surface area contributed by atoms with E-state index in [-0.39, 0.29) is 31.8 Å². The van der Waals surface area contributed by atoms with Crippen molar-refractivity contribution in [2.24, 2.45) is 4.99 Å². The Balaban J connectivity index is 1.75. The van der Waals surface area contributed by atoms with E-state index in [2.05, 4.69) is 29.4 Å². The zero-order chi connectivity index (χ0) is 23.7. The average molecular weight is 487 g/mol. The Morgan fingerprint density at radius 3 is 2.67 bits per heavy atom. The first kappa shape index (κ1) is 23.1. The van der Waals surface area contributed by atoms with Crippen molar-refractivity contribution in [1.29, 1.82) is 0 Å². The van der Waals surface area contributed by atoms with Crippen LogP contribution in [-0.4, -0.2) is 44.4 Å². The SMILES string of the molecule is Cc1sc2c(c1C)C(c1ccc(Cl)cc1)=N[C@@H](CC(=O)NCCC[N+](=O)[O-])c1nnc(C)n1-2. The van der Waals surface area contributed by atoms with Gasteiger partial charge in [0.2, 0.25) is 12.5 Å². The Bertz CT molecular complexity index is 1250. The third kappa shape index (κ3) is 4.67. The summed E-state index contributed by atoms with van der Waals surface area (Å²) in [6.07, 6.45) is 0.328. The molecular formula is C22H23ClN6O3S. The monoisotopic (exact) mass is 486 g/mol. The number of fused-ring (bicyclic) bond motifs is 3. The van der Waals surface area contributed by atoms with Gasteiger partial charge in [-0.2, -0.15) is 0 Å². The van der Waals surface area contributed by atoms with Gasteiger partial charge in [-0.25, -0.2) is 0 Å². The van der Waals surface area contributed by atoms with Crippen molar-refractivity contribution in [1.82, 2.24) is 20.1 Å². The smallest absolute Gasteiger partial charge is 0.222 e. The first-order chi connectivity index (χ1) is 15.8. The number of nitrogens with zero attached hydrogens (tertiary/aromatic N) is 5. The van der Waals surface area contributed by atoms with E-state index in [1.54, 1.807) is 11.3 Å². The number of aryl methyl sites for hydroxylation is 2. The number of aliphatic imine (C=N–C) groups is 1. The number of halogens is 1. The van der Waals surface area contributed by atoms with Gasteiger partial charge in [-0.05, 0) is 38.5 Å². The minimum atomic E-state index is -0.563. The Kier molecular flexibility index (Phi) is 6.57. The van der Waals surface area contributed by atoms with Crippen LogP contribution in [0.2, 0.25) is 5.02 Å².